The first kappa shape index (κ1) is 26.6. The molecule has 2 aliphatic rings. The summed E-state index contributed by atoms with van der Waals surface area (Å²) in [6.45, 7) is 7.54. The van der Waals surface area contributed by atoms with Crippen LogP contribution in [0.5, 0.6) is 5.75 Å². The molecule has 202 valence electrons. The number of hydrogen-bond acceptors (Lipinski definition) is 9. The molecule has 5 rings (SSSR count). The number of hydrogen-bond donors (Lipinski definition) is 2. The van der Waals surface area contributed by atoms with Crippen LogP contribution in [0.15, 0.2) is 36.7 Å². The van der Waals surface area contributed by atoms with Crippen molar-refractivity contribution in [2.24, 2.45) is 0 Å². The van der Waals surface area contributed by atoms with Gasteiger partial charge in [-0.2, -0.15) is 0 Å². The summed E-state index contributed by atoms with van der Waals surface area (Å²) in [6, 6.07) is 7.80. The van der Waals surface area contributed by atoms with E-state index in [4.69, 9.17) is 26.1 Å². The average molecular weight is 539 g/mol. The summed E-state index contributed by atoms with van der Waals surface area (Å²) in [5, 5.41) is 13.9. The number of fused-ring (bicyclic) bond motifs is 1. The number of methoxy groups -OCH3 is 2. The number of aliphatic hydroxyl groups excluding tert-OH is 1. The number of aryl methyl sites for hydroxylation is 1. The van der Waals surface area contributed by atoms with Crippen molar-refractivity contribution < 1.29 is 14.6 Å². The Balaban J connectivity index is 1.35. The topological polar surface area (TPSA) is 95.9 Å². The normalized spacial score (nSPS) is 19.4. The van der Waals surface area contributed by atoms with Gasteiger partial charge in [0.25, 0.3) is 0 Å². The van der Waals surface area contributed by atoms with Crippen LogP contribution in [0.25, 0.3) is 11.3 Å². The van der Waals surface area contributed by atoms with E-state index in [1.54, 1.807) is 20.4 Å². The first-order chi connectivity index (χ1) is 18.4. The average Bonchev–Trinajstić information content (AvgIpc) is 3.29. The van der Waals surface area contributed by atoms with E-state index in [0.717, 1.165) is 80.4 Å². The lowest BCUT2D eigenvalue weighted by atomic mass is 9.85. The molecule has 1 aliphatic heterocycles. The van der Waals surface area contributed by atoms with Crippen LogP contribution in [-0.4, -0.2) is 85.1 Å². The fourth-order valence-electron chi connectivity index (χ4n) is 5.23. The molecule has 1 unspecified atom stereocenters. The van der Waals surface area contributed by atoms with Crippen molar-refractivity contribution in [1.29, 1.82) is 0 Å². The molecule has 38 heavy (non-hydrogen) atoms. The molecular formula is C28H35ClN6O3. The standard InChI is InChI=1S/C28H35ClN6O3/c1-28(18-36)6-4-23-20(28)14-19(17-31-23)22-5-7-30-27(32-22)33-24-15-21(29)25(16-26(24)38-3)35-10-8-34(9-11-35)12-13-37-2/h5,7,14-17,36H,4,6,8-13,18H2,1-3H3,(H,30,32,33). The molecule has 10 heteroatoms. The molecule has 1 aliphatic carbocycles. The lowest BCUT2D eigenvalue weighted by molar-refractivity contribution is 0.144. The molecule has 1 atom stereocenters. The minimum atomic E-state index is -0.269. The van der Waals surface area contributed by atoms with Gasteiger partial charge in [-0.15, -0.1) is 0 Å². The van der Waals surface area contributed by atoms with Crippen LogP contribution in [0.2, 0.25) is 5.02 Å². The van der Waals surface area contributed by atoms with Crippen molar-refractivity contribution in [3.05, 3.63) is 52.9 Å². The summed E-state index contributed by atoms with van der Waals surface area (Å²) in [5.41, 5.74) is 5.15. The molecule has 3 heterocycles. The third-order valence-electron chi connectivity index (χ3n) is 7.67. The summed E-state index contributed by atoms with van der Waals surface area (Å²) in [5.74, 6) is 1.10. The number of halogens is 1. The first-order valence-corrected chi connectivity index (χ1v) is 13.4. The van der Waals surface area contributed by atoms with Gasteiger partial charge in [0.2, 0.25) is 5.95 Å². The second-order valence-corrected chi connectivity index (χ2v) is 10.6. The lowest BCUT2D eigenvalue weighted by Gasteiger charge is -2.36. The van der Waals surface area contributed by atoms with Crippen LogP contribution < -0.4 is 15.0 Å². The van der Waals surface area contributed by atoms with Gasteiger partial charge in [0.05, 0.1) is 42.4 Å². The molecule has 2 N–H and O–H groups in total. The van der Waals surface area contributed by atoms with Gasteiger partial charge < -0.3 is 24.8 Å². The van der Waals surface area contributed by atoms with Gasteiger partial charge in [-0.25, -0.2) is 9.97 Å². The lowest BCUT2D eigenvalue weighted by Crippen LogP contribution is -2.47. The molecule has 0 saturated carbocycles. The van der Waals surface area contributed by atoms with E-state index in [1.165, 1.54) is 0 Å². The highest BCUT2D eigenvalue weighted by atomic mass is 35.5. The number of nitrogens with one attached hydrogen (secondary N) is 1. The molecule has 0 bridgehead atoms. The largest absolute Gasteiger partial charge is 0.494 e. The maximum Gasteiger partial charge on any atom is 0.227 e. The van der Waals surface area contributed by atoms with Crippen molar-refractivity contribution in [2.75, 3.05) is 70.4 Å². The van der Waals surface area contributed by atoms with Crippen molar-refractivity contribution >= 4 is 28.9 Å². The number of rotatable bonds is 9. The maximum atomic E-state index is 9.96. The monoisotopic (exact) mass is 538 g/mol. The number of anilines is 3. The van der Waals surface area contributed by atoms with Crippen molar-refractivity contribution in [3.63, 3.8) is 0 Å². The summed E-state index contributed by atoms with van der Waals surface area (Å²) in [4.78, 5) is 18.5. The van der Waals surface area contributed by atoms with E-state index in [2.05, 4.69) is 38.1 Å². The van der Waals surface area contributed by atoms with Crippen molar-refractivity contribution in [1.82, 2.24) is 19.9 Å². The highest BCUT2D eigenvalue weighted by Gasteiger charge is 2.35. The van der Waals surface area contributed by atoms with Crippen LogP contribution >= 0.6 is 11.6 Å². The minimum absolute atomic E-state index is 0.0990. The van der Waals surface area contributed by atoms with Crippen LogP contribution in [-0.2, 0) is 16.6 Å². The molecule has 0 spiro atoms. The fraction of sp³-hybridized carbons (Fsp3) is 0.464. The van der Waals surface area contributed by atoms with Gasteiger partial charge in [0, 0.05) is 75.0 Å². The number of pyridine rings is 1. The number of piperazine rings is 1. The molecule has 0 amide bonds. The second-order valence-electron chi connectivity index (χ2n) is 10.2. The molecule has 1 fully saturated rings. The Labute approximate surface area is 228 Å². The van der Waals surface area contributed by atoms with E-state index >= 15 is 0 Å². The Morgan fingerprint density at radius 1 is 1.13 bits per heavy atom. The predicted octanol–water partition coefficient (Wildman–Crippen LogP) is 3.91. The third-order valence-corrected chi connectivity index (χ3v) is 7.98. The van der Waals surface area contributed by atoms with Crippen LogP contribution in [0.3, 0.4) is 0 Å². The Bertz CT molecular complexity index is 1280. The van der Waals surface area contributed by atoms with Gasteiger partial charge in [-0.3, -0.25) is 9.88 Å². The quantitative estimate of drug-likeness (QED) is 0.420. The van der Waals surface area contributed by atoms with E-state index in [1.807, 2.05) is 24.4 Å². The molecule has 2 aromatic heterocycles. The Morgan fingerprint density at radius 3 is 2.68 bits per heavy atom. The van der Waals surface area contributed by atoms with Crippen molar-refractivity contribution in [3.8, 4) is 17.0 Å². The van der Waals surface area contributed by atoms with Crippen LogP contribution in [0.4, 0.5) is 17.3 Å². The highest BCUT2D eigenvalue weighted by molar-refractivity contribution is 6.33. The molecule has 3 aromatic rings. The van der Waals surface area contributed by atoms with Gasteiger partial charge in [-0.1, -0.05) is 18.5 Å². The van der Waals surface area contributed by atoms with Gasteiger partial charge in [-0.05, 0) is 36.6 Å². The van der Waals surface area contributed by atoms with Crippen molar-refractivity contribution in [2.45, 2.75) is 25.2 Å². The van der Waals surface area contributed by atoms with E-state index in [-0.39, 0.29) is 12.0 Å². The zero-order valence-corrected chi connectivity index (χ0v) is 23.0. The Hall–Kier alpha value is -2.98. The smallest absolute Gasteiger partial charge is 0.227 e. The van der Waals surface area contributed by atoms with Gasteiger partial charge >= 0.3 is 0 Å². The van der Waals surface area contributed by atoms with Gasteiger partial charge in [0.1, 0.15) is 5.75 Å². The molecule has 0 radical (unpaired) electrons. The molecule has 9 nitrogen and oxygen atoms in total. The first-order valence-electron chi connectivity index (χ1n) is 13.0. The second kappa shape index (κ2) is 11.4. The Kier molecular flexibility index (Phi) is 7.99. The summed E-state index contributed by atoms with van der Waals surface area (Å²) >= 11 is 6.76. The summed E-state index contributed by atoms with van der Waals surface area (Å²) in [6.07, 6.45) is 5.33. The van der Waals surface area contributed by atoms with E-state index < -0.39 is 0 Å². The molecule has 1 aromatic carbocycles. The molecular weight excluding hydrogens is 504 g/mol. The number of aliphatic hydroxyl groups is 1. The van der Waals surface area contributed by atoms with E-state index in [9.17, 15) is 5.11 Å². The molecule has 1 saturated heterocycles. The number of aromatic nitrogens is 3. The number of ether oxygens (including phenoxy) is 2. The zero-order valence-electron chi connectivity index (χ0n) is 22.2. The zero-order chi connectivity index (χ0) is 26.7. The van der Waals surface area contributed by atoms with Crippen LogP contribution in [0.1, 0.15) is 24.6 Å². The Morgan fingerprint density at radius 2 is 1.95 bits per heavy atom. The number of nitrogens with zero attached hydrogens (tertiary/aromatic N) is 5. The van der Waals surface area contributed by atoms with Gasteiger partial charge in [0.15, 0.2) is 0 Å². The summed E-state index contributed by atoms with van der Waals surface area (Å²) in [7, 11) is 3.38. The number of benzene rings is 1. The maximum absolute atomic E-state index is 9.96. The fourth-order valence-corrected chi connectivity index (χ4v) is 5.52. The third kappa shape index (κ3) is 5.42. The predicted molar refractivity (Wildman–Crippen MR) is 150 cm³/mol. The van der Waals surface area contributed by atoms with E-state index in [0.29, 0.717) is 22.4 Å². The van der Waals surface area contributed by atoms with Crippen LogP contribution in [0, 0.1) is 0 Å². The minimum Gasteiger partial charge on any atom is -0.494 e. The SMILES string of the molecule is COCCN1CCN(c2cc(OC)c(Nc3nccc(-c4cnc5c(c4)C(C)(CO)CC5)n3)cc2Cl)CC1. The highest BCUT2D eigenvalue weighted by Crippen LogP contribution is 2.40. The summed E-state index contributed by atoms with van der Waals surface area (Å²) < 4.78 is 10.9.